The molecule has 196 valence electrons. The predicted molar refractivity (Wildman–Crippen MR) is 134 cm³/mol. The van der Waals surface area contributed by atoms with Gasteiger partial charge in [-0.2, -0.15) is 13.2 Å². The van der Waals surface area contributed by atoms with Crippen LogP contribution in [-0.4, -0.2) is 59.4 Å². The Balaban J connectivity index is 1.44. The highest BCUT2D eigenvalue weighted by atomic mass is 32.2. The van der Waals surface area contributed by atoms with Crippen molar-refractivity contribution < 1.29 is 30.9 Å². The lowest BCUT2D eigenvalue weighted by molar-refractivity contribution is -0.469. The minimum atomic E-state index is -4.33. The summed E-state index contributed by atoms with van der Waals surface area (Å²) >= 11 is -0.112. The summed E-state index contributed by atoms with van der Waals surface area (Å²) in [6.07, 6.45) is 5.54. The van der Waals surface area contributed by atoms with E-state index >= 15 is 0 Å². The number of nitrogens with one attached hydrogen (secondary N) is 1. The molecule has 3 aromatic rings. The second kappa shape index (κ2) is 11.1. The molecule has 4 rings (SSSR count). The molecule has 0 spiro atoms. The number of hydrogen-bond donors (Lipinski definition) is 1. The summed E-state index contributed by atoms with van der Waals surface area (Å²) < 4.78 is 74.1. The van der Waals surface area contributed by atoms with E-state index in [2.05, 4.69) is 19.7 Å². The summed E-state index contributed by atoms with van der Waals surface area (Å²) in [5, 5.41) is 0. The first-order valence-electron chi connectivity index (χ1n) is 11.3. The molecule has 13 heteroatoms. The molecule has 1 saturated carbocycles. The number of anilines is 1. The monoisotopic (exact) mass is 552 g/mol. The molecule has 0 bridgehead atoms. The van der Waals surface area contributed by atoms with E-state index in [1.807, 2.05) is 24.7 Å². The standard InChI is InChI=1S/C24H25F3N5O3S2/c1-32(2)20-13-17(16-4-3-5-18(12-16)36-24(25,26)27)6-8-21(20)35-23-9-7-19(14-29-23)37(33,34)31-22-10-11-28-15-30-22/h3-5,7,9-12,14-15,17,21H,6,8,13H2,1-2H3,(H,28,30,31)/q+1/t17-,21-/m0/s1. The zero-order valence-corrected chi connectivity index (χ0v) is 21.6. The van der Waals surface area contributed by atoms with Gasteiger partial charge in [0, 0.05) is 23.6 Å². The van der Waals surface area contributed by atoms with Crippen LogP contribution in [0.5, 0.6) is 5.88 Å². The lowest BCUT2D eigenvalue weighted by atomic mass is 9.81. The van der Waals surface area contributed by atoms with Crippen molar-refractivity contribution >= 4 is 33.3 Å². The average Bonchev–Trinajstić information content (AvgIpc) is 2.84. The minimum Gasteiger partial charge on any atom is -0.463 e. The molecule has 37 heavy (non-hydrogen) atoms. The van der Waals surface area contributed by atoms with Gasteiger partial charge in [-0.3, -0.25) is 4.72 Å². The second-order valence-electron chi connectivity index (χ2n) is 8.62. The van der Waals surface area contributed by atoms with Crippen LogP contribution >= 0.6 is 11.8 Å². The third-order valence-electron chi connectivity index (χ3n) is 5.85. The topological polar surface area (TPSA) is 97.1 Å². The number of alkyl halides is 3. The van der Waals surface area contributed by atoms with Crippen LogP contribution < -0.4 is 9.46 Å². The van der Waals surface area contributed by atoms with Gasteiger partial charge in [0.05, 0.1) is 6.20 Å². The molecule has 2 aromatic heterocycles. The highest BCUT2D eigenvalue weighted by Crippen LogP contribution is 2.39. The van der Waals surface area contributed by atoms with Crippen molar-refractivity contribution in [1.29, 1.82) is 0 Å². The Labute approximate surface area is 217 Å². The van der Waals surface area contributed by atoms with Crippen molar-refractivity contribution in [1.82, 2.24) is 15.0 Å². The number of rotatable bonds is 7. The van der Waals surface area contributed by atoms with Crippen molar-refractivity contribution in [2.45, 2.75) is 46.6 Å². The summed E-state index contributed by atoms with van der Waals surface area (Å²) in [6, 6.07) is 10.9. The normalized spacial score (nSPS) is 18.4. The first-order valence-corrected chi connectivity index (χ1v) is 13.6. The van der Waals surface area contributed by atoms with Gasteiger partial charge < -0.3 is 4.74 Å². The Bertz CT molecular complexity index is 1360. The molecule has 0 saturated heterocycles. The highest BCUT2D eigenvalue weighted by Gasteiger charge is 2.35. The maximum Gasteiger partial charge on any atom is 0.446 e. The van der Waals surface area contributed by atoms with Crippen LogP contribution in [0.1, 0.15) is 30.7 Å². The molecular weight excluding hydrogens is 527 g/mol. The maximum atomic E-state index is 12.8. The van der Waals surface area contributed by atoms with Gasteiger partial charge in [-0.1, -0.05) is 12.1 Å². The lowest BCUT2D eigenvalue weighted by Gasteiger charge is -2.29. The van der Waals surface area contributed by atoms with E-state index in [0.717, 1.165) is 17.7 Å². The number of ether oxygens (including phenoxy) is 1. The average molecular weight is 553 g/mol. The van der Waals surface area contributed by atoms with Crippen LogP contribution in [0.15, 0.2) is 71.0 Å². The summed E-state index contributed by atoms with van der Waals surface area (Å²) in [7, 11) is -0.0948. The van der Waals surface area contributed by atoms with Crippen molar-refractivity contribution in [3.8, 4) is 5.88 Å². The summed E-state index contributed by atoms with van der Waals surface area (Å²) in [4.78, 5) is 11.9. The molecule has 0 unspecified atom stereocenters. The van der Waals surface area contributed by atoms with Gasteiger partial charge in [-0.25, -0.2) is 27.9 Å². The summed E-state index contributed by atoms with van der Waals surface area (Å²) in [5.74, 6) is 0.464. The fourth-order valence-corrected chi connectivity index (χ4v) is 5.70. The van der Waals surface area contributed by atoms with E-state index in [1.165, 1.54) is 43.0 Å². The Morgan fingerprint density at radius 1 is 1.11 bits per heavy atom. The predicted octanol–water partition coefficient (Wildman–Crippen LogP) is 4.71. The Kier molecular flexibility index (Phi) is 8.02. The number of pyridine rings is 1. The zero-order valence-electron chi connectivity index (χ0n) is 20.0. The number of aromatic nitrogens is 3. The van der Waals surface area contributed by atoms with Crippen LogP contribution in [0, 0.1) is 0 Å². The molecular formula is C24H25F3N5O3S2+. The number of halogens is 3. The SMILES string of the molecule is C[N+](C)=C1C[C@@H](c2cccc(SC(F)(F)F)c2)CC[C@@H]1Oc1ccc(S(=O)(=O)Nc2ccncn2)cn1. The van der Waals surface area contributed by atoms with Gasteiger partial charge in [0.1, 0.15) is 31.1 Å². The van der Waals surface area contributed by atoms with Gasteiger partial charge in [0.2, 0.25) is 5.88 Å². The van der Waals surface area contributed by atoms with Crippen molar-refractivity contribution in [2.24, 2.45) is 0 Å². The van der Waals surface area contributed by atoms with Gasteiger partial charge in [-0.15, -0.1) is 0 Å². The third-order valence-corrected chi connectivity index (χ3v) is 7.91. The molecule has 1 aromatic carbocycles. The first kappa shape index (κ1) is 26.9. The van der Waals surface area contributed by atoms with E-state index in [1.54, 1.807) is 12.1 Å². The highest BCUT2D eigenvalue weighted by molar-refractivity contribution is 8.00. The van der Waals surface area contributed by atoms with Gasteiger partial charge in [-0.05, 0) is 60.4 Å². The van der Waals surface area contributed by atoms with E-state index in [4.69, 9.17) is 4.74 Å². The molecule has 1 N–H and O–H groups in total. The molecule has 1 fully saturated rings. The van der Waals surface area contributed by atoms with Crippen LogP contribution in [0.25, 0.3) is 0 Å². The van der Waals surface area contributed by atoms with Crippen LogP contribution in [-0.2, 0) is 10.0 Å². The zero-order chi connectivity index (χ0) is 26.6. The number of thioether (sulfide) groups is 1. The quantitative estimate of drug-likeness (QED) is 0.335. The smallest absolute Gasteiger partial charge is 0.446 e. The molecule has 1 aliphatic rings. The third kappa shape index (κ3) is 7.19. The first-order chi connectivity index (χ1) is 17.5. The van der Waals surface area contributed by atoms with E-state index in [9.17, 15) is 21.6 Å². The Hall–Kier alpha value is -3.19. The Morgan fingerprint density at radius 3 is 2.57 bits per heavy atom. The van der Waals surface area contributed by atoms with E-state index in [0.29, 0.717) is 12.8 Å². The summed E-state index contributed by atoms with van der Waals surface area (Å²) in [5.41, 5.74) is -2.50. The number of nitrogens with zero attached hydrogens (tertiary/aromatic N) is 4. The molecule has 0 amide bonds. The molecule has 0 aliphatic heterocycles. The summed E-state index contributed by atoms with van der Waals surface area (Å²) in [6.45, 7) is 0. The van der Waals surface area contributed by atoms with Crippen molar-refractivity contribution in [3.05, 3.63) is 66.7 Å². The maximum absolute atomic E-state index is 12.8. The fourth-order valence-electron chi connectivity index (χ4n) is 4.14. The Morgan fingerprint density at radius 2 is 1.92 bits per heavy atom. The van der Waals surface area contributed by atoms with Crippen molar-refractivity contribution in [3.63, 3.8) is 0 Å². The molecule has 2 heterocycles. The van der Waals surface area contributed by atoms with Crippen molar-refractivity contribution in [2.75, 3.05) is 18.8 Å². The number of hydrogen-bond acceptors (Lipinski definition) is 7. The largest absolute Gasteiger partial charge is 0.463 e. The van der Waals surface area contributed by atoms with E-state index < -0.39 is 15.5 Å². The van der Waals surface area contributed by atoms with Gasteiger partial charge in [0.25, 0.3) is 10.0 Å². The minimum absolute atomic E-state index is 0.0457. The molecule has 1 aliphatic carbocycles. The fraction of sp³-hybridized carbons (Fsp3) is 0.333. The van der Waals surface area contributed by atoms with Gasteiger partial charge in [0.15, 0.2) is 11.8 Å². The van der Waals surface area contributed by atoms with E-state index in [-0.39, 0.29) is 45.3 Å². The van der Waals surface area contributed by atoms with Crippen LogP contribution in [0.4, 0.5) is 19.0 Å². The van der Waals surface area contributed by atoms with Crippen LogP contribution in [0.3, 0.4) is 0 Å². The van der Waals surface area contributed by atoms with Crippen LogP contribution in [0.2, 0.25) is 0 Å². The molecule has 0 radical (unpaired) electrons. The second-order valence-corrected chi connectivity index (χ2v) is 11.4. The number of sulfonamides is 1. The molecule has 2 atom stereocenters. The molecule has 8 nitrogen and oxygen atoms in total. The lowest BCUT2D eigenvalue weighted by Crippen LogP contribution is -2.38. The van der Waals surface area contributed by atoms with Gasteiger partial charge >= 0.3 is 5.51 Å². The number of benzene rings is 1.